The molecule has 1 atom stereocenters. The number of benzene rings is 2. The van der Waals surface area contributed by atoms with Crippen LogP contribution >= 0.6 is 0 Å². The summed E-state index contributed by atoms with van der Waals surface area (Å²) in [4.78, 5) is 12.0. The number of aliphatic hydroxyl groups excluding tert-OH is 1. The van der Waals surface area contributed by atoms with Crippen LogP contribution in [0, 0.1) is 5.82 Å². The van der Waals surface area contributed by atoms with E-state index >= 15 is 0 Å². The number of hydrogen-bond donors (Lipinski definition) is 3. The molecule has 0 heterocycles. The number of halogens is 1. The molecule has 28 heavy (non-hydrogen) atoms. The van der Waals surface area contributed by atoms with Crippen LogP contribution in [0.15, 0.2) is 48.5 Å². The van der Waals surface area contributed by atoms with E-state index in [1.165, 1.54) is 31.4 Å². The first-order valence-electron chi connectivity index (χ1n) is 9.81. The fourth-order valence-electron chi connectivity index (χ4n) is 3.39. The monoisotopic (exact) mass is 386 g/mol. The Morgan fingerprint density at radius 3 is 2.68 bits per heavy atom. The Kier molecular flexibility index (Phi) is 7.25. The van der Waals surface area contributed by atoms with Gasteiger partial charge in [0.15, 0.2) is 0 Å². The van der Waals surface area contributed by atoms with Crippen LogP contribution in [-0.2, 0) is 6.54 Å². The van der Waals surface area contributed by atoms with Crippen molar-refractivity contribution in [2.45, 2.75) is 50.9 Å². The molecular weight excluding hydrogens is 359 g/mol. The molecular formula is C22H27FN2O3. The predicted molar refractivity (Wildman–Crippen MR) is 106 cm³/mol. The molecule has 150 valence electrons. The second-order valence-corrected chi connectivity index (χ2v) is 7.13. The molecule has 0 radical (unpaired) electrons. The highest BCUT2D eigenvalue weighted by Gasteiger charge is 2.15. The number of carbonyl (C=O) groups is 1. The van der Waals surface area contributed by atoms with E-state index in [1.54, 1.807) is 12.1 Å². The summed E-state index contributed by atoms with van der Waals surface area (Å²) in [5.74, 6) is 0.327. The molecule has 0 spiro atoms. The van der Waals surface area contributed by atoms with Crippen molar-refractivity contribution in [3.05, 3.63) is 65.5 Å². The lowest BCUT2D eigenvalue weighted by Crippen LogP contribution is -2.37. The van der Waals surface area contributed by atoms with Gasteiger partial charge < -0.3 is 20.5 Å². The molecule has 0 aliphatic heterocycles. The lowest BCUT2D eigenvalue weighted by molar-refractivity contribution is 0.155. The average Bonchev–Trinajstić information content (AvgIpc) is 2.72. The van der Waals surface area contributed by atoms with Crippen LogP contribution in [-0.4, -0.2) is 23.8 Å². The van der Waals surface area contributed by atoms with Crippen LogP contribution < -0.4 is 15.4 Å². The van der Waals surface area contributed by atoms with Crippen LogP contribution in [0.4, 0.5) is 9.18 Å². The average molecular weight is 386 g/mol. The van der Waals surface area contributed by atoms with Crippen molar-refractivity contribution in [1.82, 2.24) is 10.6 Å². The number of urea groups is 1. The minimum atomic E-state index is -1.10. The molecule has 6 heteroatoms. The largest absolute Gasteiger partial charge is 0.490 e. The summed E-state index contributed by atoms with van der Waals surface area (Å²) in [5.41, 5.74) is 1.09. The summed E-state index contributed by atoms with van der Waals surface area (Å²) >= 11 is 0. The quantitative estimate of drug-likeness (QED) is 0.672. The van der Waals surface area contributed by atoms with Crippen molar-refractivity contribution in [3.63, 3.8) is 0 Å². The number of ether oxygens (including phenoxy) is 1. The van der Waals surface area contributed by atoms with Crippen molar-refractivity contribution in [2.24, 2.45) is 0 Å². The second-order valence-electron chi connectivity index (χ2n) is 7.13. The van der Waals surface area contributed by atoms with E-state index in [0.29, 0.717) is 6.54 Å². The first-order chi connectivity index (χ1) is 13.6. The van der Waals surface area contributed by atoms with Crippen LogP contribution in [0.1, 0.15) is 49.3 Å². The molecule has 3 N–H and O–H groups in total. The van der Waals surface area contributed by atoms with Crippen LogP contribution in [0.3, 0.4) is 0 Å². The van der Waals surface area contributed by atoms with E-state index < -0.39 is 18.0 Å². The van der Waals surface area contributed by atoms with Crippen LogP contribution in [0.5, 0.6) is 5.75 Å². The summed E-state index contributed by atoms with van der Waals surface area (Å²) in [6.45, 7) is 0.265. The maximum Gasteiger partial charge on any atom is 0.315 e. The van der Waals surface area contributed by atoms with E-state index in [1.807, 2.05) is 24.3 Å². The standard InChI is InChI=1S/C22H27FN2O3/c23-20-12-5-4-11-19(20)21(26)15-25-22(27)24-14-16-7-6-10-18(13-16)28-17-8-2-1-3-9-17/h4-7,10-13,17,21,26H,1-3,8-9,14-15H2,(H2,24,25,27). The van der Waals surface area contributed by atoms with E-state index in [-0.39, 0.29) is 18.2 Å². The minimum absolute atomic E-state index is 0.0718. The highest BCUT2D eigenvalue weighted by atomic mass is 19.1. The maximum atomic E-state index is 13.6. The molecule has 2 amide bonds. The molecule has 2 aromatic rings. The summed E-state index contributed by atoms with van der Waals surface area (Å²) in [7, 11) is 0. The molecule has 3 rings (SSSR count). The first-order valence-corrected chi connectivity index (χ1v) is 9.81. The van der Waals surface area contributed by atoms with Crippen molar-refractivity contribution >= 4 is 6.03 Å². The third-order valence-corrected chi connectivity index (χ3v) is 4.93. The fourth-order valence-corrected chi connectivity index (χ4v) is 3.39. The van der Waals surface area contributed by atoms with E-state index in [9.17, 15) is 14.3 Å². The molecule has 1 fully saturated rings. The highest BCUT2D eigenvalue weighted by Crippen LogP contribution is 2.24. The van der Waals surface area contributed by atoms with Crippen molar-refractivity contribution in [1.29, 1.82) is 0 Å². The summed E-state index contributed by atoms with van der Waals surface area (Å²) < 4.78 is 19.7. The van der Waals surface area contributed by atoms with Gasteiger partial charge >= 0.3 is 6.03 Å². The van der Waals surface area contributed by atoms with Crippen molar-refractivity contribution < 1.29 is 19.0 Å². The Bertz CT molecular complexity index is 778. The molecule has 1 saturated carbocycles. The van der Waals surface area contributed by atoms with Gasteiger partial charge in [0.05, 0.1) is 12.2 Å². The summed E-state index contributed by atoms with van der Waals surface area (Å²) in [6, 6.07) is 13.2. The Morgan fingerprint density at radius 1 is 1.11 bits per heavy atom. The third-order valence-electron chi connectivity index (χ3n) is 4.93. The number of rotatable bonds is 7. The normalized spacial score (nSPS) is 15.6. The van der Waals surface area contributed by atoms with Gasteiger partial charge in [-0.2, -0.15) is 0 Å². The van der Waals surface area contributed by atoms with E-state index in [2.05, 4.69) is 10.6 Å². The lowest BCUT2D eigenvalue weighted by Gasteiger charge is -2.23. The summed E-state index contributed by atoms with van der Waals surface area (Å²) in [5, 5.41) is 15.3. The summed E-state index contributed by atoms with van der Waals surface area (Å²) in [6.07, 6.45) is 5.07. The van der Waals surface area contributed by atoms with Gasteiger partial charge in [-0.25, -0.2) is 9.18 Å². The first kappa shape index (κ1) is 20.1. The SMILES string of the molecule is O=C(NCc1cccc(OC2CCCCC2)c1)NCC(O)c1ccccc1F. The maximum absolute atomic E-state index is 13.6. The number of aliphatic hydroxyl groups is 1. The molecule has 0 saturated heterocycles. The van der Waals surface area contributed by atoms with Gasteiger partial charge in [0.2, 0.25) is 0 Å². The van der Waals surface area contributed by atoms with Gasteiger partial charge in [-0.3, -0.25) is 0 Å². The van der Waals surface area contributed by atoms with Gasteiger partial charge in [-0.15, -0.1) is 0 Å². The van der Waals surface area contributed by atoms with Crippen molar-refractivity contribution in [3.8, 4) is 5.75 Å². The number of hydrogen-bond acceptors (Lipinski definition) is 3. The zero-order valence-electron chi connectivity index (χ0n) is 15.9. The van der Waals surface area contributed by atoms with Crippen LogP contribution in [0.2, 0.25) is 0 Å². The molecule has 1 unspecified atom stereocenters. The van der Waals surface area contributed by atoms with Gasteiger partial charge in [0.1, 0.15) is 11.6 Å². The Hall–Kier alpha value is -2.60. The number of nitrogens with one attached hydrogen (secondary N) is 2. The smallest absolute Gasteiger partial charge is 0.315 e. The van der Waals surface area contributed by atoms with Crippen molar-refractivity contribution in [2.75, 3.05) is 6.54 Å². The molecule has 5 nitrogen and oxygen atoms in total. The molecule has 0 bridgehead atoms. The van der Waals surface area contributed by atoms with Gasteiger partial charge in [0, 0.05) is 18.7 Å². The Morgan fingerprint density at radius 2 is 1.89 bits per heavy atom. The van der Waals surface area contributed by atoms with Gasteiger partial charge in [0.25, 0.3) is 0 Å². The Balaban J connectivity index is 1.44. The molecule has 1 aliphatic rings. The molecule has 1 aliphatic carbocycles. The zero-order chi connectivity index (χ0) is 19.8. The third kappa shape index (κ3) is 5.96. The van der Waals surface area contributed by atoms with E-state index in [0.717, 1.165) is 24.2 Å². The fraction of sp³-hybridized carbons (Fsp3) is 0.409. The number of carbonyl (C=O) groups excluding carboxylic acids is 1. The zero-order valence-corrected chi connectivity index (χ0v) is 15.9. The molecule has 0 aromatic heterocycles. The number of amides is 2. The topological polar surface area (TPSA) is 70.6 Å². The Labute approximate surface area is 164 Å². The lowest BCUT2D eigenvalue weighted by atomic mass is 9.98. The highest BCUT2D eigenvalue weighted by molar-refractivity contribution is 5.73. The van der Waals surface area contributed by atoms with E-state index in [4.69, 9.17) is 4.74 Å². The van der Waals surface area contributed by atoms with Crippen LogP contribution in [0.25, 0.3) is 0 Å². The molecule has 2 aromatic carbocycles. The second kappa shape index (κ2) is 10.1. The minimum Gasteiger partial charge on any atom is -0.490 e. The van der Waals surface area contributed by atoms with Gasteiger partial charge in [-0.05, 0) is 49.4 Å². The van der Waals surface area contributed by atoms with Gasteiger partial charge in [-0.1, -0.05) is 36.8 Å². The predicted octanol–water partition coefficient (Wildman–Crippen LogP) is 4.07.